The number of aryl methyl sites for hydroxylation is 1. The minimum absolute atomic E-state index is 0.191. The van der Waals surface area contributed by atoms with Crippen LogP contribution < -0.4 is 10.6 Å². The average molecular weight is 431 g/mol. The van der Waals surface area contributed by atoms with E-state index in [0.717, 1.165) is 47.5 Å². The molecule has 0 fully saturated rings. The van der Waals surface area contributed by atoms with E-state index >= 15 is 0 Å². The van der Waals surface area contributed by atoms with Crippen LogP contribution in [-0.4, -0.2) is 24.9 Å². The van der Waals surface area contributed by atoms with Crippen molar-refractivity contribution >= 4 is 50.5 Å². The molecule has 1 aliphatic carbocycles. The molecule has 29 heavy (non-hydrogen) atoms. The van der Waals surface area contributed by atoms with Gasteiger partial charge >= 0.3 is 5.97 Å². The number of amides is 2. The molecule has 150 valence electrons. The van der Waals surface area contributed by atoms with Crippen molar-refractivity contribution in [3.63, 3.8) is 0 Å². The Kier molecular flexibility index (Phi) is 5.50. The largest absolute Gasteiger partial charge is 0.465 e. The van der Waals surface area contributed by atoms with Crippen molar-refractivity contribution in [2.24, 2.45) is 0 Å². The van der Waals surface area contributed by atoms with Gasteiger partial charge in [-0.2, -0.15) is 0 Å². The minimum Gasteiger partial charge on any atom is -0.465 e. The lowest BCUT2D eigenvalue weighted by Gasteiger charge is -2.11. The van der Waals surface area contributed by atoms with Crippen molar-refractivity contribution in [3.8, 4) is 0 Å². The van der Waals surface area contributed by atoms with Gasteiger partial charge in [0.05, 0.1) is 28.8 Å². The molecule has 1 aliphatic rings. The van der Waals surface area contributed by atoms with Gasteiger partial charge in [0.15, 0.2) is 5.76 Å². The van der Waals surface area contributed by atoms with Crippen molar-refractivity contribution < 1.29 is 23.5 Å². The maximum absolute atomic E-state index is 12.7. The Morgan fingerprint density at radius 2 is 1.86 bits per heavy atom. The maximum Gasteiger partial charge on any atom is 0.341 e. The van der Waals surface area contributed by atoms with Crippen LogP contribution in [0.3, 0.4) is 0 Å². The molecule has 0 unspecified atom stereocenters. The summed E-state index contributed by atoms with van der Waals surface area (Å²) in [6, 6.07) is 6.47. The third kappa shape index (κ3) is 3.96. The molecule has 0 spiro atoms. The highest BCUT2D eigenvalue weighted by molar-refractivity contribution is 7.19. The van der Waals surface area contributed by atoms with Crippen LogP contribution in [0.5, 0.6) is 0 Å². The number of esters is 1. The van der Waals surface area contributed by atoms with Crippen molar-refractivity contribution in [2.75, 3.05) is 17.7 Å². The van der Waals surface area contributed by atoms with E-state index in [0.29, 0.717) is 20.4 Å². The molecule has 3 aromatic rings. The van der Waals surface area contributed by atoms with E-state index in [-0.39, 0.29) is 17.6 Å². The summed E-state index contributed by atoms with van der Waals surface area (Å²) in [5, 5.41) is 6.59. The number of ether oxygens (including phenoxy) is 1. The third-order valence-electron chi connectivity index (χ3n) is 4.60. The van der Waals surface area contributed by atoms with E-state index < -0.39 is 5.97 Å². The number of methoxy groups -OCH3 is 1. The van der Waals surface area contributed by atoms with Crippen LogP contribution in [0, 0.1) is 0 Å². The number of hydrogen-bond donors (Lipinski definition) is 2. The highest BCUT2D eigenvalue weighted by atomic mass is 32.1. The van der Waals surface area contributed by atoms with Crippen LogP contribution in [0.15, 0.2) is 34.9 Å². The predicted octanol–water partition coefficient (Wildman–Crippen LogP) is 4.57. The van der Waals surface area contributed by atoms with Crippen LogP contribution in [0.25, 0.3) is 0 Å². The monoisotopic (exact) mass is 430 g/mol. The summed E-state index contributed by atoms with van der Waals surface area (Å²) in [5.74, 6) is -0.964. The van der Waals surface area contributed by atoms with Crippen LogP contribution >= 0.6 is 22.7 Å². The lowest BCUT2D eigenvalue weighted by Crippen LogP contribution is -2.14. The topological polar surface area (TPSA) is 97.6 Å². The normalized spacial score (nSPS) is 12.9. The van der Waals surface area contributed by atoms with Gasteiger partial charge in [0.2, 0.25) is 0 Å². The van der Waals surface area contributed by atoms with E-state index in [2.05, 4.69) is 10.6 Å². The standard InChI is InChI=1S/C20H18N2O5S2/c1-26-20(25)16-11-5-2-3-7-13(11)29-19(16)22-18(24)14-8-9-15(28-14)21-17(23)12-6-4-10-27-12/h4,6,8-10H,2-3,5,7H2,1H3,(H,21,23)(H,22,24). The summed E-state index contributed by atoms with van der Waals surface area (Å²) in [7, 11) is 1.34. The van der Waals surface area contributed by atoms with Crippen molar-refractivity contribution in [1.82, 2.24) is 0 Å². The Hall–Kier alpha value is -2.91. The molecule has 3 aromatic heterocycles. The number of hydrogen-bond acceptors (Lipinski definition) is 7. The van der Waals surface area contributed by atoms with Gasteiger partial charge in [0.25, 0.3) is 11.8 Å². The summed E-state index contributed by atoms with van der Waals surface area (Å²) >= 11 is 2.58. The van der Waals surface area contributed by atoms with E-state index in [1.807, 2.05) is 0 Å². The number of nitrogens with one attached hydrogen (secondary N) is 2. The van der Waals surface area contributed by atoms with E-state index in [9.17, 15) is 14.4 Å². The van der Waals surface area contributed by atoms with E-state index in [4.69, 9.17) is 9.15 Å². The van der Waals surface area contributed by atoms with Gasteiger partial charge in [0.1, 0.15) is 5.00 Å². The van der Waals surface area contributed by atoms with Gasteiger partial charge in [-0.1, -0.05) is 0 Å². The van der Waals surface area contributed by atoms with Gasteiger partial charge in [-0.3, -0.25) is 9.59 Å². The maximum atomic E-state index is 12.7. The molecule has 0 radical (unpaired) electrons. The smallest absolute Gasteiger partial charge is 0.341 e. The second-order valence-electron chi connectivity index (χ2n) is 6.46. The lowest BCUT2D eigenvalue weighted by molar-refractivity contribution is 0.0601. The molecule has 7 nitrogen and oxygen atoms in total. The molecule has 0 saturated heterocycles. The molecule has 9 heteroatoms. The number of rotatable bonds is 5. The number of anilines is 2. The fourth-order valence-electron chi connectivity index (χ4n) is 3.25. The van der Waals surface area contributed by atoms with Gasteiger partial charge in [-0.05, 0) is 55.5 Å². The van der Waals surface area contributed by atoms with E-state index in [1.165, 1.54) is 24.7 Å². The molecule has 2 N–H and O–H groups in total. The predicted molar refractivity (Wildman–Crippen MR) is 111 cm³/mol. The number of fused-ring (bicyclic) bond motifs is 1. The SMILES string of the molecule is COC(=O)c1c(NC(=O)c2ccc(NC(=O)c3ccco3)s2)sc2c1CCCC2. The Morgan fingerprint density at radius 3 is 2.62 bits per heavy atom. The first-order valence-corrected chi connectivity index (χ1v) is 10.7. The zero-order valence-electron chi connectivity index (χ0n) is 15.6. The van der Waals surface area contributed by atoms with Crippen LogP contribution in [0.4, 0.5) is 10.0 Å². The third-order valence-corrected chi connectivity index (χ3v) is 6.81. The van der Waals surface area contributed by atoms with Crippen LogP contribution in [0.1, 0.15) is 53.9 Å². The molecular weight excluding hydrogens is 412 g/mol. The van der Waals surface area contributed by atoms with Crippen molar-refractivity contribution in [3.05, 3.63) is 57.2 Å². The second-order valence-corrected chi connectivity index (χ2v) is 8.64. The van der Waals surface area contributed by atoms with Gasteiger partial charge in [-0.15, -0.1) is 22.7 Å². The molecular formula is C20H18N2O5S2. The fraction of sp³-hybridized carbons (Fsp3) is 0.250. The molecule has 0 aromatic carbocycles. The summed E-state index contributed by atoms with van der Waals surface area (Å²) < 4.78 is 9.99. The minimum atomic E-state index is -0.433. The first-order valence-electron chi connectivity index (χ1n) is 9.05. The van der Waals surface area contributed by atoms with Gasteiger partial charge in [0, 0.05) is 4.88 Å². The van der Waals surface area contributed by atoms with Crippen LogP contribution in [0.2, 0.25) is 0 Å². The Balaban J connectivity index is 1.51. The van der Waals surface area contributed by atoms with Crippen LogP contribution in [-0.2, 0) is 17.6 Å². The quantitative estimate of drug-likeness (QED) is 0.578. The molecule has 0 saturated carbocycles. The Labute approximate surface area is 174 Å². The van der Waals surface area contributed by atoms with Gasteiger partial charge < -0.3 is 19.8 Å². The Morgan fingerprint density at radius 1 is 1.03 bits per heavy atom. The number of carbonyl (C=O) groups is 3. The van der Waals surface area contributed by atoms with Gasteiger partial charge in [-0.25, -0.2) is 4.79 Å². The summed E-state index contributed by atoms with van der Waals surface area (Å²) in [6.45, 7) is 0. The zero-order valence-corrected chi connectivity index (χ0v) is 17.2. The summed E-state index contributed by atoms with van der Waals surface area (Å²) in [6.07, 6.45) is 5.23. The first kappa shape index (κ1) is 19.4. The first-order chi connectivity index (χ1) is 14.1. The average Bonchev–Trinajstić information content (AvgIpc) is 3.46. The number of carbonyl (C=O) groups excluding carboxylic acids is 3. The second kappa shape index (κ2) is 8.22. The molecule has 0 bridgehead atoms. The zero-order chi connectivity index (χ0) is 20.4. The summed E-state index contributed by atoms with van der Waals surface area (Å²) in [5.41, 5.74) is 1.45. The summed E-state index contributed by atoms with van der Waals surface area (Å²) in [4.78, 5) is 38.7. The number of thiophene rings is 2. The Bertz CT molecular complexity index is 1070. The number of furan rings is 1. The highest BCUT2D eigenvalue weighted by Crippen LogP contribution is 2.39. The molecule has 4 rings (SSSR count). The molecule has 0 aliphatic heterocycles. The fourth-order valence-corrected chi connectivity index (χ4v) is 5.31. The molecule has 2 amide bonds. The van der Waals surface area contributed by atoms with E-state index in [1.54, 1.807) is 24.3 Å². The van der Waals surface area contributed by atoms with Crippen molar-refractivity contribution in [2.45, 2.75) is 25.7 Å². The lowest BCUT2D eigenvalue weighted by atomic mass is 9.95. The van der Waals surface area contributed by atoms with Crippen molar-refractivity contribution in [1.29, 1.82) is 0 Å². The molecule has 3 heterocycles. The highest BCUT2D eigenvalue weighted by Gasteiger charge is 2.27. The molecule has 0 atom stereocenters.